The van der Waals surface area contributed by atoms with Crippen molar-refractivity contribution in [3.05, 3.63) is 115 Å². The molecule has 5 nitrogen and oxygen atoms in total. The van der Waals surface area contributed by atoms with Gasteiger partial charge in [0, 0.05) is 35.0 Å². The summed E-state index contributed by atoms with van der Waals surface area (Å²) >= 11 is 1.18. The second kappa shape index (κ2) is 11.2. The number of nitrogens with zero attached hydrogens (tertiary/aromatic N) is 2. The van der Waals surface area contributed by atoms with Crippen molar-refractivity contribution in [3.8, 4) is 11.1 Å². The topological polar surface area (TPSA) is 72.0 Å². The van der Waals surface area contributed by atoms with Gasteiger partial charge in [0.25, 0.3) is 0 Å². The Hall–Kier alpha value is -3.77. The number of amides is 1. The number of aromatic nitrogens is 2. The highest BCUT2D eigenvalue weighted by Gasteiger charge is 2.21. The van der Waals surface area contributed by atoms with Crippen molar-refractivity contribution in [2.24, 2.45) is 5.92 Å². The van der Waals surface area contributed by atoms with E-state index in [0.29, 0.717) is 23.4 Å². The first kappa shape index (κ1) is 22.4. The quantitative estimate of drug-likeness (QED) is 0.381. The zero-order valence-corrected chi connectivity index (χ0v) is 18.7. The normalized spacial score (nSPS) is 11.5. The van der Waals surface area contributed by atoms with Gasteiger partial charge in [0.1, 0.15) is 6.33 Å². The van der Waals surface area contributed by atoms with E-state index in [4.69, 9.17) is 0 Å². The molecule has 0 bridgehead atoms. The fraction of sp³-hybridized carbons (Fsp3) is 0.111. The van der Waals surface area contributed by atoms with Gasteiger partial charge in [-0.05, 0) is 29.7 Å². The van der Waals surface area contributed by atoms with E-state index in [2.05, 4.69) is 15.3 Å². The molecule has 33 heavy (non-hydrogen) atoms. The molecule has 164 valence electrons. The molecule has 1 N–H and O–H groups in total. The molecule has 1 atom stereocenters. The third-order valence-corrected chi connectivity index (χ3v) is 6.23. The maximum atomic E-state index is 13.2. The second-order valence-corrected chi connectivity index (χ2v) is 8.54. The van der Waals surface area contributed by atoms with Crippen molar-refractivity contribution >= 4 is 28.5 Å². The van der Waals surface area contributed by atoms with Crippen molar-refractivity contribution in [2.75, 3.05) is 11.1 Å². The van der Waals surface area contributed by atoms with Crippen LogP contribution in [0.2, 0.25) is 0 Å². The first-order chi connectivity index (χ1) is 16.2. The molecular weight excluding hydrogens is 430 g/mol. The van der Waals surface area contributed by atoms with Crippen LogP contribution in [0, 0.1) is 5.92 Å². The molecule has 0 radical (unpaired) electrons. The van der Waals surface area contributed by atoms with Crippen LogP contribution in [-0.2, 0) is 11.2 Å². The number of hydrogen-bond donors (Lipinski definition) is 1. The summed E-state index contributed by atoms with van der Waals surface area (Å²) in [5.41, 5.74) is 4.29. The highest BCUT2D eigenvalue weighted by Crippen LogP contribution is 2.23. The molecule has 0 aliphatic carbocycles. The van der Waals surface area contributed by atoms with Crippen LogP contribution in [0.25, 0.3) is 11.1 Å². The van der Waals surface area contributed by atoms with Crippen LogP contribution in [0.1, 0.15) is 15.9 Å². The average Bonchev–Trinajstić information content (AvgIpc) is 2.88. The lowest BCUT2D eigenvalue weighted by Gasteiger charge is -2.17. The molecule has 0 saturated heterocycles. The van der Waals surface area contributed by atoms with Crippen LogP contribution >= 0.6 is 11.8 Å². The van der Waals surface area contributed by atoms with Gasteiger partial charge < -0.3 is 5.32 Å². The Bertz CT molecular complexity index is 1180. The van der Waals surface area contributed by atoms with Gasteiger partial charge in [-0.25, -0.2) is 9.97 Å². The Morgan fingerprint density at radius 1 is 0.788 bits per heavy atom. The molecule has 0 fully saturated rings. The summed E-state index contributed by atoms with van der Waals surface area (Å²) in [5.74, 6) is -0.0660. The Morgan fingerprint density at radius 2 is 1.42 bits per heavy atom. The maximum Gasteiger partial charge on any atom is 0.228 e. The third-order valence-electron chi connectivity index (χ3n) is 5.17. The predicted molar refractivity (Wildman–Crippen MR) is 133 cm³/mol. The van der Waals surface area contributed by atoms with Crippen LogP contribution in [-0.4, -0.2) is 26.7 Å². The summed E-state index contributed by atoms with van der Waals surface area (Å²) in [6, 6.07) is 26.6. The van der Waals surface area contributed by atoms with Gasteiger partial charge in [-0.15, -0.1) is 0 Å². The fourth-order valence-electron chi connectivity index (χ4n) is 3.40. The highest BCUT2D eigenvalue weighted by molar-refractivity contribution is 8.14. The minimum Gasteiger partial charge on any atom is -0.326 e. The largest absolute Gasteiger partial charge is 0.326 e. The van der Waals surface area contributed by atoms with Gasteiger partial charge in [0.15, 0.2) is 0 Å². The van der Waals surface area contributed by atoms with Crippen molar-refractivity contribution < 1.29 is 9.59 Å². The van der Waals surface area contributed by atoms with E-state index in [9.17, 15) is 9.59 Å². The predicted octanol–water partition coefficient (Wildman–Crippen LogP) is 5.51. The van der Waals surface area contributed by atoms with E-state index in [1.54, 1.807) is 24.5 Å². The second-order valence-electron chi connectivity index (χ2n) is 7.54. The molecule has 1 amide bonds. The van der Waals surface area contributed by atoms with Gasteiger partial charge in [0.05, 0.1) is 5.92 Å². The van der Waals surface area contributed by atoms with Crippen LogP contribution in [0.4, 0.5) is 5.69 Å². The van der Waals surface area contributed by atoms with Gasteiger partial charge in [0.2, 0.25) is 11.0 Å². The molecule has 0 spiro atoms. The minimum absolute atomic E-state index is 0.0316. The summed E-state index contributed by atoms with van der Waals surface area (Å²) in [4.78, 5) is 33.8. The molecule has 6 heteroatoms. The molecule has 3 aromatic carbocycles. The molecule has 4 rings (SSSR count). The summed E-state index contributed by atoms with van der Waals surface area (Å²) in [6.07, 6.45) is 5.54. The Balaban J connectivity index is 1.45. The number of carbonyl (C=O) groups is 2. The summed E-state index contributed by atoms with van der Waals surface area (Å²) < 4.78 is 0. The zero-order valence-electron chi connectivity index (χ0n) is 17.9. The lowest BCUT2D eigenvalue weighted by Crippen LogP contribution is -2.27. The Morgan fingerprint density at radius 3 is 2.09 bits per heavy atom. The minimum atomic E-state index is -0.354. The van der Waals surface area contributed by atoms with Crippen LogP contribution in [0.3, 0.4) is 0 Å². The molecule has 1 unspecified atom stereocenters. The van der Waals surface area contributed by atoms with Gasteiger partial charge in [-0.3, -0.25) is 9.59 Å². The SMILES string of the molecule is O=C(SCC(Cc1ccccc1)C(=O)Nc1ccc(-c2cncnc2)cc1)c1ccccc1. The monoisotopic (exact) mass is 453 g/mol. The summed E-state index contributed by atoms with van der Waals surface area (Å²) in [6.45, 7) is 0. The lowest BCUT2D eigenvalue weighted by molar-refractivity contribution is -0.119. The number of thioether (sulfide) groups is 1. The van der Waals surface area contributed by atoms with Crippen LogP contribution < -0.4 is 5.32 Å². The molecule has 4 aromatic rings. The van der Waals surface area contributed by atoms with E-state index in [1.807, 2.05) is 72.8 Å². The summed E-state index contributed by atoms with van der Waals surface area (Å²) in [5, 5.41) is 2.98. The number of nitrogens with one attached hydrogen (secondary N) is 1. The molecule has 0 aliphatic rings. The van der Waals surface area contributed by atoms with Crippen molar-refractivity contribution in [3.63, 3.8) is 0 Å². The molecular formula is C27H23N3O2S. The molecule has 0 saturated carbocycles. The van der Waals surface area contributed by atoms with Crippen molar-refractivity contribution in [2.45, 2.75) is 6.42 Å². The first-order valence-electron chi connectivity index (χ1n) is 10.6. The van der Waals surface area contributed by atoms with Gasteiger partial charge >= 0.3 is 0 Å². The Labute approximate surface area is 197 Å². The van der Waals surface area contributed by atoms with Gasteiger partial charge in [-0.2, -0.15) is 0 Å². The molecule has 1 heterocycles. The lowest BCUT2D eigenvalue weighted by atomic mass is 10.00. The average molecular weight is 454 g/mol. The van der Waals surface area contributed by atoms with E-state index in [1.165, 1.54) is 18.1 Å². The fourth-order valence-corrected chi connectivity index (χ4v) is 4.32. The van der Waals surface area contributed by atoms with Crippen LogP contribution in [0.15, 0.2) is 104 Å². The standard InChI is InChI=1S/C27H23N3O2S/c31-26(30-25-13-11-21(12-14-25)24-16-28-19-29-17-24)23(15-20-7-3-1-4-8-20)18-33-27(32)22-9-5-2-6-10-22/h1-14,16-17,19,23H,15,18H2,(H,30,31). The third kappa shape index (κ3) is 6.37. The summed E-state index contributed by atoms with van der Waals surface area (Å²) in [7, 11) is 0. The number of hydrogen-bond acceptors (Lipinski definition) is 5. The molecule has 0 aliphatic heterocycles. The van der Waals surface area contributed by atoms with Crippen LogP contribution in [0.5, 0.6) is 0 Å². The van der Waals surface area contributed by atoms with E-state index >= 15 is 0 Å². The highest BCUT2D eigenvalue weighted by atomic mass is 32.2. The number of benzene rings is 3. The van der Waals surface area contributed by atoms with Crippen molar-refractivity contribution in [1.82, 2.24) is 9.97 Å². The van der Waals surface area contributed by atoms with Gasteiger partial charge in [-0.1, -0.05) is 84.6 Å². The smallest absolute Gasteiger partial charge is 0.228 e. The maximum absolute atomic E-state index is 13.2. The first-order valence-corrected chi connectivity index (χ1v) is 11.6. The van der Waals surface area contributed by atoms with E-state index in [0.717, 1.165) is 16.7 Å². The number of anilines is 1. The van der Waals surface area contributed by atoms with E-state index < -0.39 is 0 Å². The zero-order chi connectivity index (χ0) is 22.9. The van der Waals surface area contributed by atoms with Crippen molar-refractivity contribution in [1.29, 1.82) is 0 Å². The molecule has 1 aromatic heterocycles. The number of carbonyl (C=O) groups excluding carboxylic acids is 2. The number of rotatable bonds is 8. The Kier molecular flexibility index (Phi) is 7.61. The van der Waals surface area contributed by atoms with E-state index in [-0.39, 0.29) is 16.9 Å².